The zero-order valence-electron chi connectivity index (χ0n) is 15.4. The molecule has 2 aromatic rings. The summed E-state index contributed by atoms with van der Waals surface area (Å²) in [5, 5.41) is 6.22. The maximum atomic E-state index is 12.4. The van der Waals surface area contributed by atoms with E-state index >= 15 is 0 Å². The first-order valence-corrected chi connectivity index (χ1v) is 8.64. The molecule has 0 aliphatic rings. The molecule has 0 saturated heterocycles. The highest BCUT2D eigenvalue weighted by Gasteiger charge is 2.18. The second-order valence-electron chi connectivity index (χ2n) is 7.00. The molecule has 5 nitrogen and oxygen atoms in total. The van der Waals surface area contributed by atoms with Gasteiger partial charge in [-0.1, -0.05) is 23.7 Å². The van der Waals surface area contributed by atoms with Crippen molar-refractivity contribution in [2.24, 2.45) is 0 Å². The number of benzene rings is 2. The summed E-state index contributed by atoms with van der Waals surface area (Å²) in [5.74, 6) is -0.0125. The maximum absolute atomic E-state index is 12.4. The SMILES string of the molecule is Cc1cc(Cl)ccc1OCC(=O)Nc1ccccc1C(=O)NC(C)(C)C. The van der Waals surface area contributed by atoms with Crippen molar-refractivity contribution in [2.45, 2.75) is 33.2 Å². The molecule has 2 N–H and O–H groups in total. The van der Waals surface area contributed by atoms with Gasteiger partial charge in [-0.15, -0.1) is 0 Å². The largest absolute Gasteiger partial charge is 0.483 e. The average molecular weight is 375 g/mol. The zero-order valence-corrected chi connectivity index (χ0v) is 16.1. The van der Waals surface area contributed by atoms with Crippen molar-refractivity contribution in [3.8, 4) is 5.75 Å². The third-order valence-electron chi connectivity index (χ3n) is 3.43. The molecule has 0 unspecified atom stereocenters. The molecule has 2 aromatic carbocycles. The van der Waals surface area contributed by atoms with E-state index in [0.717, 1.165) is 5.56 Å². The Morgan fingerprint density at radius 2 is 1.81 bits per heavy atom. The van der Waals surface area contributed by atoms with Gasteiger partial charge in [-0.2, -0.15) is 0 Å². The van der Waals surface area contributed by atoms with E-state index in [4.69, 9.17) is 16.3 Å². The van der Waals surface area contributed by atoms with Crippen LogP contribution in [0.5, 0.6) is 5.75 Å². The number of anilines is 1. The number of carbonyl (C=O) groups is 2. The molecule has 0 aliphatic heterocycles. The van der Waals surface area contributed by atoms with Crippen molar-refractivity contribution in [3.63, 3.8) is 0 Å². The number of amides is 2. The first-order valence-electron chi connectivity index (χ1n) is 8.26. The van der Waals surface area contributed by atoms with Gasteiger partial charge in [0.2, 0.25) is 0 Å². The van der Waals surface area contributed by atoms with Crippen LogP contribution in [-0.2, 0) is 4.79 Å². The normalized spacial score (nSPS) is 11.0. The number of rotatable bonds is 5. The van der Waals surface area contributed by atoms with Gasteiger partial charge in [0.05, 0.1) is 11.3 Å². The third-order valence-corrected chi connectivity index (χ3v) is 3.67. The summed E-state index contributed by atoms with van der Waals surface area (Å²) in [7, 11) is 0. The maximum Gasteiger partial charge on any atom is 0.262 e. The number of carbonyl (C=O) groups excluding carboxylic acids is 2. The molecule has 2 amide bonds. The van der Waals surface area contributed by atoms with Crippen molar-refractivity contribution in [1.82, 2.24) is 5.32 Å². The predicted octanol–water partition coefficient (Wildman–Crippen LogP) is 4.19. The Balaban J connectivity index is 2.04. The van der Waals surface area contributed by atoms with E-state index in [1.54, 1.807) is 42.5 Å². The van der Waals surface area contributed by atoms with E-state index in [9.17, 15) is 9.59 Å². The topological polar surface area (TPSA) is 67.4 Å². The molecular weight excluding hydrogens is 352 g/mol. The van der Waals surface area contributed by atoms with Crippen molar-refractivity contribution < 1.29 is 14.3 Å². The highest BCUT2D eigenvalue weighted by Crippen LogP contribution is 2.22. The fourth-order valence-corrected chi connectivity index (χ4v) is 2.53. The minimum absolute atomic E-state index is 0.169. The Morgan fingerprint density at radius 1 is 1.12 bits per heavy atom. The molecule has 0 heterocycles. The molecule has 0 bridgehead atoms. The number of nitrogens with one attached hydrogen (secondary N) is 2. The quantitative estimate of drug-likeness (QED) is 0.824. The minimum atomic E-state index is -0.372. The second-order valence-corrected chi connectivity index (χ2v) is 7.43. The number of hydrogen-bond acceptors (Lipinski definition) is 3. The number of ether oxygens (including phenoxy) is 1. The van der Waals surface area contributed by atoms with Gasteiger partial charge in [0.25, 0.3) is 11.8 Å². The Hall–Kier alpha value is -2.53. The summed E-state index contributed by atoms with van der Waals surface area (Å²) in [4.78, 5) is 24.6. The minimum Gasteiger partial charge on any atom is -0.483 e. The first-order chi connectivity index (χ1) is 12.2. The standard InChI is InChI=1S/C20H23ClN2O3/c1-13-11-14(21)9-10-17(13)26-12-18(24)22-16-8-6-5-7-15(16)19(25)23-20(2,3)4/h5-11H,12H2,1-4H3,(H,22,24)(H,23,25). The van der Waals surface area contributed by atoms with Crippen LogP contribution >= 0.6 is 11.6 Å². The summed E-state index contributed by atoms with van der Waals surface area (Å²) in [6.07, 6.45) is 0. The lowest BCUT2D eigenvalue weighted by atomic mass is 10.1. The van der Waals surface area contributed by atoms with Crippen LogP contribution in [0.4, 0.5) is 5.69 Å². The molecule has 0 fully saturated rings. The van der Waals surface area contributed by atoms with E-state index in [1.807, 2.05) is 27.7 Å². The fourth-order valence-electron chi connectivity index (χ4n) is 2.30. The third kappa shape index (κ3) is 5.77. The number of para-hydroxylation sites is 1. The molecule has 0 spiro atoms. The van der Waals surface area contributed by atoms with Crippen LogP contribution in [-0.4, -0.2) is 24.0 Å². The van der Waals surface area contributed by atoms with Crippen LogP contribution < -0.4 is 15.4 Å². The Kier molecular flexibility index (Phi) is 6.27. The molecule has 0 aliphatic carbocycles. The lowest BCUT2D eigenvalue weighted by Gasteiger charge is -2.21. The van der Waals surface area contributed by atoms with Gasteiger partial charge in [0.15, 0.2) is 6.61 Å². The number of halogens is 1. The molecule has 26 heavy (non-hydrogen) atoms. The van der Waals surface area contributed by atoms with Crippen LogP contribution in [0.1, 0.15) is 36.7 Å². The van der Waals surface area contributed by atoms with Gasteiger partial charge in [-0.05, 0) is 63.6 Å². The van der Waals surface area contributed by atoms with Crippen molar-refractivity contribution in [1.29, 1.82) is 0 Å². The highest BCUT2D eigenvalue weighted by molar-refractivity contribution is 6.30. The van der Waals surface area contributed by atoms with Crippen molar-refractivity contribution in [3.05, 3.63) is 58.6 Å². The lowest BCUT2D eigenvalue weighted by molar-refractivity contribution is -0.118. The van der Waals surface area contributed by atoms with E-state index in [-0.39, 0.29) is 24.0 Å². The highest BCUT2D eigenvalue weighted by atomic mass is 35.5. The smallest absolute Gasteiger partial charge is 0.262 e. The number of aryl methyl sites for hydroxylation is 1. The Bertz CT molecular complexity index is 813. The summed E-state index contributed by atoms with van der Waals surface area (Å²) >= 11 is 5.91. The summed E-state index contributed by atoms with van der Waals surface area (Å²) < 4.78 is 5.54. The van der Waals surface area contributed by atoms with Crippen LogP contribution in [0.2, 0.25) is 5.02 Å². The van der Waals surface area contributed by atoms with E-state index in [1.165, 1.54) is 0 Å². The second kappa shape index (κ2) is 8.23. The summed E-state index contributed by atoms with van der Waals surface area (Å²) in [6.45, 7) is 7.38. The molecule has 0 atom stereocenters. The van der Waals surface area contributed by atoms with Crippen LogP contribution in [0.15, 0.2) is 42.5 Å². The van der Waals surface area contributed by atoms with Gasteiger partial charge in [-0.25, -0.2) is 0 Å². The van der Waals surface area contributed by atoms with Gasteiger partial charge in [-0.3, -0.25) is 9.59 Å². The molecule has 0 saturated carbocycles. The van der Waals surface area contributed by atoms with Gasteiger partial charge in [0.1, 0.15) is 5.75 Å². The summed E-state index contributed by atoms with van der Waals surface area (Å²) in [6, 6.07) is 12.0. The first kappa shape index (κ1) is 19.8. The van der Waals surface area contributed by atoms with Crippen molar-refractivity contribution >= 4 is 29.1 Å². The lowest BCUT2D eigenvalue weighted by Crippen LogP contribution is -2.41. The molecule has 138 valence electrons. The van der Waals surface area contributed by atoms with Gasteiger partial charge >= 0.3 is 0 Å². The number of hydrogen-bond donors (Lipinski definition) is 2. The zero-order chi connectivity index (χ0) is 19.3. The average Bonchev–Trinajstić information content (AvgIpc) is 2.53. The Labute approximate surface area is 158 Å². The van der Waals surface area contributed by atoms with Crippen LogP contribution in [0.3, 0.4) is 0 Å². The van der Waals surface area contributed by atoms with E-state index in [2.05, 4.69) is 10.6 Å². The van der Waals surface area contributed by atoms with E-state index < -0.39 is 0 Å². The van der Waals surface area contributed by atoms with Gasteiger partial charge in [0, 0.05) is 10.6 Å². The molecule has 0 radical (unpaired) electrons. The summed E-state index contributed by atoms with van der Waals surface area (Å²) in [5.41, 5.74) is 1.31. The van der Waals surface area contributed by atoms with Crippen LogP contribution in [0, 0.1) is 6.92 Å². The molecule has 6 heteroatoms. The van der Waals surface area contributed by atoms with Crippen molar-refractivity contribution in [2.75, 3.05) is 11.9 Å². The molecule has 2 rings (SSSR count). The molecular formula is C20H23ClN2O3. The fraction of sp³-hybridized carbons (Fsp3) is 0.300. The monoisotopic (exact) mass is 374 g/mol. The molecule has 0 aromatic heterocycles. The van der Waals surface area contributed by atoms with Crippen LogP contribution in [0.25, 0.3) is 0 Å². The van der Waals surface area contributed by atoms with Gasteiger partial charge < -0.3 is 15.4 Å². The Morgan fingerprint density at radius 3 is 2.46 bits per heavy atom. The predicted molar refractivity (Wildman–Crippen MR) is 104 cm³/mol. The van der Waals surface area contributed by atoms with E-state index in [0.29, 0.717) is 22.0 Å².